The third kappa shape index (κ3) is 5.69. The molecule has 2 aromatic rings. The lowest BCUT2D eigenvalue weighted by molar-refractivity contribution is -0.139. The van der Waals surface area contributed by atoms with Gasteiger partial charge in [-0.3, -0.25) is 14.9 Å². The van der Waals surface area contributed by atoms with Crippen LogP contribution in [0.4, 0.5) is 0 Å². The third-order valence-corrected chi connectivity index (χ3v) is 4.30. The maximum atomic E-state index is 12.4. The topological polar surface area (TPSA) is 66.4 Å². The van der Waals surface area contributed by atoms with Gasteiger partial charge in [-0.2, -0.15) is 0 Å². The van der Waals surface area contributed by atoms with E-state index >= 15 is 0 Å². The monoisotopic (exact) mass is 359 g/mol. The average molecular weight is 360 g/mol. The number of carbonyl (C=O) groups excluding carboxylic acids is 1. The van der Waals surface area contributed by atoms with Crippen molar-refractivity contribution in [2.24, 2.45) is 0 Å². The van der Waals surface area contributed by atoms with Crippen molar-refractivity contribution in [2.45, 2.75) is 38.8 Å². The first-order chi connectivity index (χ1) is 11.9. The predicted molar refractivity (Wildman–Crippen MR) is 99.2 cm³/mol. The molecule has 4 nitrogen and oxygen atoms in total. The summed E-state index contributed by atoms with van der Waals surface area (Å²) < 4.78 is 0. The second-order valence-corrected chi connectivity index (χ2v) is 6.74. The van der Waals surface area contributed by atoms with Gasteiger partial charge in [-0.25, -0.2) is 0 Å². The Balaban J connectivity index is 1.99. The summed E-state index contributed by atoms with van der Waals surface area (Å²) in [6.45, 7) is 4.52. The van der Waals surface area contributed by atoms with Gasteiger partial charge in [0.25, 0.3) is 0 Å². The molecule has 5 heteroatoms. The molecule has 1 unspecified atom stereocenters. The van der Waals surface area contributed by atoms with E-state index in [1.165, 1.54) is 0 Å². The van der Waals surface area contributed by atoms with Crippen molar-refractivity contribution >= 4 is 23.4 Å². The molecule has 0 fully saturated rings. The van der Waals surface area contributed by atoms with Crippen molar-refractivity contribution < 1.29 is 14.7 Å². The molecule has 0 aliphatic carbocycles. The number of hydrogen-bond donors (Lipinski definition) is 2. The fourth-order valence-corrected chi connectivity index (χ4v) is 2.57. The van der Waals surface area contributed by atoms with Gasteiger partial charge < -0.3 is 5.11 Å². The van der Waals surface area contributed by atoms with Crippen LogP contribution in [0.25, 0.3) is 0 Å². The minimum Gasteiger partial charge on any atom is -0.480 e. The SMILES string of the molecule is CC(C)c1ccc(C(=O)CC(NCc2ccc(Cl)cc2)C(=O)O)cc1. The Hall–Kier alpha value is -2.17. The van der Waals surface area contributed by atoms with Crippen molar-refractivity contribution in [2.75, 3.05) is 0 Å². The van der Waals surface area contributed by atoms with Crippen LogP contribution in [0, 0.1) is 0 Å². The number of carboxylic acid groups (broad SMARTS) is 1. The van der Waals surface area contributed by atoms with Crippen LogP contribution in [0.15, 0.2) is 48.5 Å². The van der Waals surface area contributed by atoms with Gasteiger partial charge in [-0.1, -0.05) is 61.8 Å². The lowest BCUT2D eigenvalue weighted by Gasteiger charge is -2.14. The summed E-state index contributed by atoms with van der Waals surface area (Å²) >= 11 is 5.83. The molecule has 0 radical (unpaired) electrons. The van der Waals surface area contributed by atoms with Crippen LogP contribution in [0.1, 0.15) is 47.7 Å². The molecular weight excluding hydrogens is 338 g/mol. The molecule has 0 amide bonds. The molecule has 1 atom stereocenters. The lowest BCUT2D eigenvalue weighted by atomic mass is 9.98. The van der Waals surface area contributed by atoms with Crippen molar-refractivity contribution in [1.82, 2.24) is 5.32 Å². The molecule has 0 heterocycles. The summed E-state index contributed by atoms with van der Waals surface area (Å²) in [5.41, 5.74) is 2.58. The number of carboxylic acids is 1. The number of aliphatic carboxylic acids is 1. The van der Waals surface area contributed by atoms with Gasteiger partial charge in [0.15, 0.2) is 5.78 Å². The van der Waals surface area contributed by atoms with E-state index in [1.54, 1.807) is 24.3 Å². The van der Waals surface area contributed by atoms with Crippen LogP contribution in [-0.2, 0) is 11.3 Å². The molecule has 2 rings (SSSR count). The molecule has 2 N–H and O–H groups in total. The van der Waals surface area contributed by atoms with Gasteiger partial charge in [0.05, 0.1) is 0 Å². The first-order valence-electron chi connectivity index (χ1n) is 8.20. The van der Waals surface area contributed by atoms with E-state index in [0.717, 1.165) is 11.1 Å². The highest BCUT2D eigenvalue weighted by Crippen LogP contribution is 2.16. The molecule has 0 saturated heterocycles. The van der Waals surface area contributed by atoms with E-state index in [2.05, 4.69) is 19.2 Å². The zero-order valence-electron chi connectivity index (χ0n) is 14.3. The second-order valence-electron chi connectivity index (χ2n) is 6.30. The summed E-state index contributed by atoms with van der Waals surface area (Å²) in [4.78, 5) is 23.8. The smallest absolute Gasteiger partial charge is 0.321 e. The van der Waals surface area contributed by atoms with Gasteiger partial charge in [0, 0.05) is 23.6 Å². The number of rotatable bonds is 8. The molecule has 0 aliphatic rings. The number of halogens is 1. The quantitative estimate of drug-likeness (QED) is 0.690. The van der Waals surface area contributed by atoms with Crippen molar-refractivity contribution in [3.8, 4) is 0 Å². The van der Waals surface area contributed by atoms with Crippen molar-refractivity contribution in [1.29, 1.82) is 0 Å². The van der Waals surface area contributed by atoms with Crippen LogP contribution < -0.4 is 5.32 Å². The first kappa shape index (κ1) is 19.2. The minimum absolute atomic E-state index is 0.0933. The molecule has 2 aromatic carbocycles. The fourth-order valence-electron chi connectivity index (χ4n) is 2.45. The van der Waals surface area contributed by atoms with Gasteiger partial charge in [0.1, 0.15) is 6.04 Å². The van der Waals surface area contributed by atoms with E-state index in [4.69, 9.17) is 11.6 Å². The molecule has 132 valence electrons. The van der Waals surface area contributed by atoms with Crippen LogP contribution >= 0.6 is 11.6 Å². The first-order valence-corrected chi connectivity index (χ1v) is 8.58. The largest absolute Gasteiger partial charge is 0.480 e. The summed E-state index contributed by atoms with van der Waals surface area (Å²) in [6, 6.07) is 13.5. The lowest BCUT2D eigenvalue weighted by Crippen LogP contribution is -2.38. The number of nitrogens with one attached hydrogen (secondary N) is 1. The number of benzene rings is 2. The standard InChI is InChI=1S/C20H22ClNO3/c1-13(2)15-5-7-16(8-6-15)19(23)11-18(20(24)25)22-12-14-3-9-17(21)10-4-14/h3-10,13,18,22H,11-12H2,1-2H3,(H,24,25). The van der Waals surface area contributed by atoms with Crippen LogP contribution in [0.2, 0.25) is 5.02 Å². The number of ketones is 1. The average Bonchev–Trinajstić information content (AvgIpc) is 2.59. The Morgan fingerprint density at radius 3 is 2.16 bits per heavy atom. The fraction of sp³-hybridized carbons (Fsp3) is 0.300. The third-order valence-electron chi connectivity index (χ3n) is 4.05. The highest BCUT2D eigenvalue weighted by molar-refractivity contribution is 6.30. The highest BCUT2D eigenvalue weighted by Gasteiger charge is 2.21. The molecule has 0 spiro atoms. The minimum atomic E-state index is -1.04. The van der Waals surface area contributed by atoms with E-state index in [9.17, 15) is 14.7 Å². The number of Topliss-reactive ketones (excluding diaryl/α,β-unsaturated/α-hetero) is 1. The summed E-state index contributed by atoms with van der Waals surface area (Å²) in [6.07, 6.45) is -0.0933. The number of hydrogen-bond acceptors (Lipinski definition) is 3. The molecule has 25 heavy (non-hydrogen) atoms. The van der Waals surface area contributed by atoms with E-state index in [0.29, 0.717) is 23.0 Å². The Bertz CT molecular complexity index is 724. The molecule has 0 saturated carbocycles. The van der Waals surface area contributed by atoms with E-state index in [1.807, 2.05) is 24.3 Å². The van der Waals surface area contributed by atoms with E-state index in [-0.39, 0.29) is 12.2 Å². The number of carbonyl (C=O) groups is 2. The second kappa shape index (κ2) is 8.79. The Kier molecular flexibility index (Phi) is 6.73. The summed E-state index contributed by atoms with van der Waals surface area (Å²) in [7, 11) is 0. The Morgan fingerprint density at radius 1 is 1.04 bits per heavy atom. The Labute approximate surface area is 152 Å². The highest BCUT2D eigenvalue weighted by atomic mass is 35.5. The van der Waals surface area contributed by atoms with Crippen LogP contribution in [-0.4, -0.2) is 22.9 Å². The predicted octanol–water partition coefficient (Wildman–Crippen LogP) is 4.28. The van der Waals surface area contributed by atoms with Gasteiger partial charge in [-0.15, -0.1) is 0 Å². The van der Waals surface area contributed by atoms with Gasteiger partial charge >= 0.3 is 5.97 Å². The van der Waals surface area contributed by atoms with Gasteiger partial charge in [0.2, 0.25) is 0 Å². The molecule has 0 aliphatic heterocycles. The molecule has 0 aromatic heterocycles. The zero-order valence-corrected chi connectivity index (χ0v) is 15.1. The van der Waals surface area contributed by atoms with Crippen LogP contribution in [0.5, 0.6) is 0 Å². The molecular formula is C20H22ClNO3. The normalized spacial score (nSPS) is 12.2. The summed E-state index contributed by atoms with van der Waals surface area (Å²) in [5, 5.41) is 12.9. The maximum absolute atomic E-state index is 12.4. The summed E-state index contributed by atoms with van der Waals surface area (Å²) in [5.74, 6) is -0.843. The maximum Gasteiger partial charge on any atom is 0.321 e. The van der Waals surface area contributed by atoms with Crippen LogP contribution in [0.3, 0.4) is 0 Å². The van der Waals surface area contributed by atoms with Crippen molar-refractivity contribution in [3.63, 3.8) is 0 Å². The molecule has 0 bridgehead atoms. The Morgan fingerprint density at radius 2 is 1.64 bits per heavy atom. The van der Waals surface area contributed by atoms with E-state index < -0.39 is 12.0 Å². The van der Waals surface area contributed by atoms with Gasteiger partial charge in [-0.05, 0) is 29.2 Å². The zero-order chi connectivity index (χ0) is 18.4. The van der Waals surface area contributed by atoms with Crippen molar-refractivity contribution in [3.05, 3.63) is 70.2 Å².